The first-order valence-electron chi connectivity index (χ1n) is 7.20. The van der Waals surface area contributed by atoms with Crippen LogP contribution in [0.25, 0.3) is 0 Å². The highest BCUT2D eigenvalue weighted by Gasteiger charge is 2.40. The molecule has 2 amide bonds. The summed E-state index contributed by atoms with van der Waals surface area (Å²) in [5, 5.41) is 0. The van der Waals surface area contributed by atoms with E-state index in [4.69, 9.17) is 11.5 Å². The maximum absolute atomic E-state index is 12.1. The number of likely N-dealkylation sites (tertiary alicyclic amines) is 1. The molecule has 1 saturated heterocycles. The molecule has 0 radical (unpaired) electrons. The Hall–Kier alpha value is -1.10. The number of rotatable bonds is 7. The molecule has 1 fully saturated rings. The highest BCUT2D eigenvalue weighted by Crippen LogP contribution is 2.30. The zero-order valence-corrected chi connectivity index (χ0v) is 12.2. The van der Waals surface area contributed by atoms with E-state index in [0.717, 1.165) is 19.3 Å². The molecule has 0 aliphatic carbocycles. The van der Waals surface area contributed by atoms with Crippen molar-refractivity contribution in [3.63, 3.8) is 0 Å². The van der Waals surface area contributed by atoms with Crippen LogP contribution in [0.3, 0.4) is 0 Å². The highest BCUT2D eigenvalue weighted by atomic mass is 16.2. The van der Waals surface area contributed by atoms with Crippen LogP contribution in [0.15, 0.2) is 0 Å². The van der Waals surface area contributed by atoms with E-state index >= 15 is 0 Å². The average molecular weight is 269 g/mol. The molecule has 4 N–H and O–H groups in total. The largest absolute Gasteiger partial charge is 0.369 e. The van der Waals surface area contributed by atoms with Crippen molar-refractivity contribution in [2.75, 3.05) is 19.6 Å². The fraction of sp³-hybridized carbons (Fsp3) is 0.857. The van der Waals surface area contributed by atoms with E-state index in [2.05, 4.69) is 6.92 Å². The second kappa shape index (κ2) is 6.89. The summed E-state index contributed by atoms with van der Waals surface area (Å²) >= 11 is 0. The van der Waals surface area contributed by atoms with Gasteiger partial charge in [-0.2, -0.15) is 0 Å². The van der Waals surface area contributed by atoms with Gasteiger partial charge in [-0.1, -0.05) is 13.3 Å². The van der Waals surface area contributed by atoms with Crippen molar-refractivity contribution < 1.29 is 9.59 Å². The van der Waals surface area contributed by atoms with Gasteiger partial charge in [0.1, 0.15) is 0 Å². The van der Waals surface area contributed by atoms with Gasteiger partial charge in [0, 0.05) is 19.5 Å². The zero-order valence-electron chi connectivity index (χ0n) is 12.2. The van der Waals surface area contributed by atoms with E-state index in [-0.39, 0.29) is 11.8 Å². The van der Waals surface area contributed by atoms with Crippen LogP contribution in [0.5, 0.6) is 0 Å². The van der Waals surface area contributed by atoms with Crippen LogP contribution in [-0.4, -0.2) is 36.3 Å². The van der Waals surface area contributed by atoms with E-state index < -0.39 is 5.41 Å². The molecule has 2 unspecified atom stereocenters. The minimum Gasteiger partial charge on any atom is -0.369 e. The fourth-order valence-electron chi connectivity index (χ4n) is 2.65. The number of amides is 2. The Morgan fingerprint density at radius 1 is 1.37 bits per heavy atom. The van der Waals surface area contributed by atoms with Crippen LogP contribution >= 0.6 is 0 Å². The van der Waals surface area contributed by atoms with Gasteiger partial charge in [-0.05, 0) is 38.6 Å². The van der Waals surface area contributed by atoms with Crippen LogP contribution in [0, 0.1) is 11.3 Å². The number of nitrogens with two attached hydrogens (primary N) is 2. The van der Waals surface area contributed by atoms with E-state index in [1.807, 2.05) is 6.92 Å². The molecule has 0 bridgehead atoms. The molecule has 19 heavy (non-hydrogen) atoms. The van der Waals surface area contributed by atoms with Crippen LogP contribution in [0.4, 0.5) is 0 Å². The average Bonchev–Trinajstić information content (AvgIpc) is 2.78. The topological polar surface area (TPSA) is 89.4 Å². The second-order valence-electron chi connectivity index (χ2n) is 5.88. The lowest BCUT2D eigenvalue weighted by molar-refractivity contribution is -0.132. The third kappa shape index (κ3) is 4.20. The number of carbonyl (C=O) groups excluding carboxylic acids is 2. The van der Waals surface area contributed by atoms with Gasteiger partial charge in [-0.15, -0.1) is 0 Å². The molecule has 1 aliphatic heterocycles. The van der Waals surface area contributed by atoms with Gasteiger partial charge in [0.2, 0.25) is 11.8 Å². The van der Waals surface area contributed by atoms with Gasteiger partial charge in [-0.25, -0.2) is 0 Å². The van der Waals surface area contributed by atoms with E-state index in [0.29, 0.717) is 38.4 Å². The maximum Gasteiger partial charge on any atom is 0.225 e. The van der Waals surface area contributed by atoms with Gasteiger partial charge >= 0.3 is 0 Å². The summed E-state index contributed by atoms with van der Waals surface area (Å²) in [5.41, 5.74) is 10.4. The Balaban J connectivity index is 2.41. The Kier molecular flexibility index (Phi) is 5.79. The molecule has 110 valence electrons. The SMILES string of the molecule is CCC(CCN)CCC(=O)N1CCC(C)(C(N)=O)C1. The van der Waals surface area contributed by atoms with Crippen molar-refractivity contribution in [3.8, 4) is 0 Å². The lowest BCUT2D eigenvalue weighted by atomic mass is 9.89. The summed E-state index contributed by atoms with van der Waals surface area (Å²) in [6.07, 6.45) is 4.14. The predicted molar refractivity (Wildman–Crippen MR) is 75.2 cm³/mol. The van der Waals surface area contributed by atoms with Crippen molar-refractivity contribution in [3.05, 3.63) is 0 Å². The van der Waals surface area contributed by atoms with Crippen molar-refractivity contribution in [1.29, 1.82) is 0 Å². The number of hydrogen-bond donors (Lipinski definition) is 2. The molecule has 0 spiro atoms. The van der Waals surface area contributed by atoms with Crippen molar-refractivity contribution in [2.45, 2.75) is 46.0 Å². The van der Waals surface area contributed by atoms with Gasteiger partial charge in [0.25, 0.3) is 0 Å². The van der Waals surface area contributed by atoms with Gasteiger partial charge in [0.15, 0.2) is 0 Å². The number of primary amides is 1. The molecule has 1 aliphatic rings. The first kappa shape index (κ1) is 16.0. The standard InChI is InChI=1S/C14H27N3O2/c1-3-11(6-8-15)4-5-12(18)17-9-7-14(2,10-17)13(16)19/h11H,3-10,15H2,1-2H3,(H2,16,19). The van der Waals surface area contributed by atoms with E-state index in [9.17, 15) is 9.59 Å². The molecular weight excluding hydrogens is 242 g/mol. The van der Waals surface area contributed by atoms with Gasteiger partial charge in [-0.3, -0.25) is 9.59 Å². The lowest BCUT2D eigenvalue weighted by Crippen LogP contribution is -2.38. The summed E-state index contributed by atoms with van der Waals surface area (Å²) in [6, 6.07) is 0. The van der Waals surface area contributed by atoms with E-state index in [1.54, 1.807) is 4.90 Å². The van der Waals surface area contributed by atoms with E-state index in [1.165, 1.54) is 0 Å². The van der Waals surface area contributed by atoms with Crippen molar-refractivity contribution >= 4 is 11.8 Å². The molecule has 1 heterocycles. The van der Waals surface area contributed by atoms with Gasteiger partial charge < -0.3 is 16.4 Å². The Morgan fingerprint density at radius 2 is 2.05 bits per heavy atom. The monoisotopic (exact) mass is 269 g/mol. The van der Waals surface area contributed by atoms with Crippen LogP contribution in [0.1, 0.15) is 46.0 Å². The Labute approximate surface area is 115 Å². The highest BCUT2D eigenvalue weighted by molar-refractivity contribution is 5.83. The molecule has 1 rings (SSSR count). The fourth-order valence-corrected chi connectivity index (χ4v) is 2.65. The second-order valence-corrected chi connectivity index (χ2v) is 5.88. The molecule has 5 heteroatoms. The molecule has 0 aromatic carbocycles. The first-order chi connectivity index (χ1) is 8.92. The summed E-state index contributed by atoms with van der Waals surface area (Å²) < 4.78 is 0. The quantitative estimate of drug-likeness (QED) is 0.718. The molecule has 0 aromatic heterocycles. The minimum atomic E-state index is -0.545. The summed E-state index contributed by atoms with van der Waals surface area (Å²) in [5.74, 6) is 0.358. The third-order valence-electron chi connectivity index (χ3n) is 4.34. The smallest absolute Gasteiger partial charge is 0.225 e. The Morgan fingerprint density at radius 3 is 2.53 bits per heavy atom. The summed E-state index contributed by atoms with van der Waals surface area (Å²) in [4.78, 5) is 25.3. The predicted octanol–water partition coefficient (Wildman–Crippen LogP) is 0.866. The molecule has 5 nitrogen and oxygen atoms in total. The van der Waals surface area contributed by atoms with Crippen LogP contribution < -0.4 is 11.5 Å². The van der Waals surface area contributed by atoms with Gasteiger partial charge in [0.05, 0.1) is 5.41 Å². The van der Waals surface area contributed by atoms with Crippen LogP contribution in [0.2, 0.25) is 0 Å². The lowest BCUT2D eigenvalue weighted by Gasteiger charge is -2.22. The molecular formula is C14H27N3O2. The molecule has 0 aromatic rings. The maximum atomic E-state index is 12.1. The van der Waals surface area contributed by atoms with Crippen LogP contribution in [-0.2, 0) is 9.59 Å². The molecule has 0 saturated carbocycles. The minimum absolute atomic E-state index is 0.139. The number of hydrogen-bond acceptors (Lipinski definition) is 3. The van der Waals surface area contributed by atoms with Crippen molar-refractivity contribution in [2.24, 2.45) is 22.8 Å². The third-order valence-corrected chi connectivity index (χ3v) is 4.34. The normalized spacial score (nSPS) is 24.5. The number of nitrogens with zero attached hydrogens (tertiary/aromatic N) is 1. The first-order valence-corrected chi connectivity index (χ1v) is 7.20. The number of carbonyl (C=O) groups is 2. The van der Waals surface area contributed by atoms with Crippen molar-refractivity contribution in [1.82, 2.24) is 4.90 Å². The Bertz CT molecular complexity index is 333. The summed E-state index contributed by atoms with van der Waals surface area (Å²) in [7, 11) is 0. The molecule has 2 atom stereocenters. The summed E-state index contributed by atoms with van der Waals surface area (Å²) in [6.45, 7) is 5.76. The zero-order chi connectivity index (χ0) is 14.5.